The van der Waals surface area contributed by atoms with Crippen LogP contribution in [0.1, 0.15) is 28.8 Å². The lowest BCUT2D eigenvalue weighted by atomic mass is 9.98. The normalized spacial score (nSPS) is 16.7. The predicted molar refractivity (Wildman–Crippen MR) is 119 cm³/mol. The van der Waals surface area contributed by atoms with Gasteiger partial charge in [-0.05, 0) is 49.9 Å². The number of hydrogen-bond acceptors (Lipinski definition) is 4. The van der Waals surface area contributed by atoms with E-state index in [1.807, 2.05) is 13.0 Å². The van der Waals surface area contributed by atoms with Crippen LogP contribution in [0.15, 0.2) is 59.5 Å². The lowest BCUT2D eigenvalue weighted by molar-refractivity contribution is -0.133. The first-order valence-electron chi connectivity index (χ1n) is 10.4. The van der Waals surface area contributed by atoms with E-state index in [0.717, 1.165) is 18.4 Å². The number of piperidine rings is 1. The lowest BCUT2D eigenvalue weighted by Gasteiger charge is -2.34. The Kier molecular flexibility index (Phi) is 7.46. The van der Waals surface area contributed by atoms with Crippen LogP contribution in [0.25, 0.3) is 0 Å². The fourth-order valence-corrected chi connectivity index (χ4v) is 4.78. The van der Waals surface area contributed by atoms with Crippen molar-refractivity contribution in [3.05, 3.63) is 65.7 Å². The van der Waals surface area contributed by atoms with Gasteiger partial charge in [0.05, 0.1) is 11.4 Å². The van der Waals surface area contributed by atoms with Gasteiger partial charge < -0.3 is 9.80 Å². The molecule has 0 radical (unpaired) electrons. The second-order valence-corrected chi connectivity index (χ2v) is 9.81. The van der Waals surface area contributed by atoms with Crippen molar-refractivity contribution in [1.29, 1.82) is 0 Å². The van der Waals surface area contributed by atoms with Crippen LogP contribution in [0.3, 0.4) is 0 Å². The minimum atomic E-state index is -3.58. The summed E-state index contributed by atoms with van der Waals surface area (Å²) in [4.78, 5) is 28.6. The van der Waals surface area contributed by atoms with Crippen LogP contribution in [-0.4, -0.2) is 63.3 Å². The van der Waals surface area contributed by atoms with Crippen molar-refractivity contribution in [2.24, 2.45) is 5.92 Å². The number of amides is 2. The molecule has 31 heavy (non-hydrogen) atoms. The van der Waals surface area contributed by atoms with Crippen LogP contribution in [0.4, 0.5) is 0 Å². The third kappa shape index (κ3) is 6.15. The van der Waals surface area contributed by atoms with Crippen LogP contribution >= 0.6 is 0 Å². The highest BCUT2D eigenvalue weighted by Crippen LogP contribution is 2.18. The molecule has 1 heterocycles. The van der Waals surface area contributed by atoms with Gasteiger partial charge in [0.2, 0.25) is 15.9 Å². The number of benzene rings is 2. The Morgan fingerprint density at radius 3 is 2.45 bits per heavy atom. The maximum absolute atomic E-state index is 12.7. The van der Waals surface area contributed by atoms with Crippen LogP contribution in [0.5, 0.6) is 0 Å². The van der Waals surface area contributed by atoms with E-state index < -0.39 is 10.0 Å². The summed E-state index contributed by atoms with van der Waals surface area (Å²) in [5.74, 6) is -0.292. The van der Waals surface area contributed by atoms with Gasteiger partial charge in [0.1, 0.15) is 0 Å². The van der Waals surface area contributed by atoms with E-state index in [9.17, 15) is 18.0 Å². The summed E-state index contributed by atoms with van der Waals surface area (Å²) < 4.78 is 27.7. The molecule has 8 heteroatoms. The molecule has 2 aromatic carbocycles. The number of likely N-dealkylation sites (tertiary alicyclic amines) is 1. The van der Waals surface area contributed by atoms with E-state index in [-0.39, 0.29) is 35.7 Å². The number of carbonyl (C=O) groups excluding carboxylic acids is 2. The highest BCUT2D eigenvalue weighted by Gasteiger charge is 2.26. The topological polar surface area (TPSA) is 86.8 Å². The Hall–Kier alpha value is -2.71. The fraction of sp³-hybridized carbons (Fsp3) is 0.391. The fourth-order valence-electron chi connectivity index (χ4n) is 3.66. The van der Waals surface area contributed by atoms with Gasteiger partial charge in [-0.25, -0.2) is 13.1 Å². The number of aryl methyl sites for hydroxylation is 1. The van der Waals surface area contributed by atoms with Gasteiger partial charge in [-0.2, -0.15) is 0 Å². The molecule has 1 N–H and O–H groups in total. The molecule has 0 spiro atoms. The zero-order valence-electron chi connectivity index (χ0n) is 18.0. The molecule has 1 unspecified atom stereocenters. The van der Waals surface area contributed by atoms with E-state index in [0.29, 0.717) is 18.7 Å². The molecule has 1 aliphatic rings. The smallest absolute Gasteiger partial charge is 0.254 e. The number of nitrogens with one attached hydrogen (secondary N) is 1. The summed E-state index contributed by atoms with van der Waals surface area (Å²) >= 11 is 0. The van der Waals surface area contributed by atoms with Gasteiger partial charge in [0, 0.05) is 32.2 Å². The standard InChI is InChI=1S/C23H29N3O4S/c1-18-10-12-21(13-11-18)31(29,30)24-15-19-7-6-14-26(16-19)22(27)17-25(2)23(28)20-8-4-3-5-9-20/h3-5,8-13,19,24H,6-7,14-17H2,1-2H3. The molecule has 1 fully saturated rings. The number of nitrogens with zero attached hydrogens (tertiary/aromatic N) is 2. The average Bonchev–Trinajstić information content (AvgIpc) is 2.78. The molecular formula is C23H29N3O4S. The first-order valence-corrected chi connectivity index (χ1v) is 11.9. The molecule has 3 rings (SSSR count). The van der Waals surface area contributed by atoms with E-state index in [1.165, 1.54) is 4.90 Å². The van der Waals surface area contributed by atoms with Crippen molar-refractivity contribution < 1.29 is 18.0 Å². The van der Waals surface area contributed by atoms with Crippen molar-refractivity contribution in [2.45, 2.75) is 24.7 Å². The summed E-state index contributed by atoms with van der Waals surface area (Å²) in [5.41, 5.74) is 1.54. The van der Waals surface area contributed by atoms with Gasteiger partial charge >= 0.3 is 0 Å². The van der Waals surface area contributed by atoms with Crippen LogP contribution in [0.2, 0.25) is 0 Å². The van der Waals surface area contributed by atoms with E-state index in [4.69, 9.17) is 0 Å². The van der Waals surface area contributed by atoms with Crippen molar-refractivity contribution in [1.82, 2.24) is 14.5 Å². The van der Waals surface area contributed by atoms with Gasteiger partial charge in [-0.3, -0.25) is 9.59 Å². The van der Waals surface area contributed by atoms with Crippen LogP contribution in [0, 0.1) is 12.8 Å². The number of carbonyl (C=O) groups is 2. The predicted octanol–water partition coefficient (Wildman–Crippen LogP) is 2.28. The Bertz CT molecular complexity index is 1010. The minimum absolute atomic E-state index is 0.00442. The largest absolute Gasteiger partial charge is 0.341 e. The number of rotatable bonds is 7. The molecule has 0 aliphatic carbocycles. The summed E-state index contributed by atoms with van der Waals surface area (Å²) in [5, 5.41) is 0. The zero-order valence-corrected chi connectivity index (χ0v) is 18.8. The highest BCUT2D eigenvalue weighted by molar-refractivity contribution is 7.89. The third-order valence-corrected chi connectivity index (χ3v) is 6.94. The Morgan fingerprint density at radius 1 is 1.10 bits per heavy atom. The molecule has 1 saturated heterocycles. The molecule has 7 nitrogen and oxygen atoms in total. The number of hydrogen-bond donors (Lipinski definition) is 1. The number of likely N-dealkylation sites (N-methyl/N-ethyl adjacent to an activating group) is 1. The Labute approximate surface area is 184 Å². The second kappa shape index (κ2) is 10.1. The quantitative estimate of drug-likeness (QED) is 0.711. The SMILES string of the molecule is Cc1ccc(S(=O)(=O)NCC2CCCN(C(=O)CN(C)C(=O)c3ccccc3)C2)cc1. The molecule has 2 aromatic rings. The van der Waals surface area contributed by atoms with E-state index in [2.05, 4.69) is 4.72 Å². The van der Waals surface area contributed by atoms with Crippen molar-refractivity contribution in [2.75, 3.05) is 33.2 Å². The molecule has 0 bridgehead atoms. The second-order valence-electron chi connectivity index (χ2n) is 8.04. The van der Waals surface area contributed by atoms with Crippen molar-refractivity contribution >= 4 is 21.8 Å². The molecule has 2 amide bonds. The van der Waals surface area contributed by atoms with Crippen LogP contribution in [-0.2, 0) is 14.8 Å². The molecular weight excluding hydrogens is 414 g/mol. The minimum Gasteiger partial charge on any atom is -0.341 e. The maximum Gasteiger partial charge on any atom is 0.254 e. The van der Waals surface area contributed by atoms with E-state index in [1.54, 1.807) is 60.5 Å². The molecule has 1 atom stereocenters. The molecule has 0 aromatic heterocycles. The van der Waals surface area contributed by atoms with Crippen LogP contribution < -0.4 is 4.72 Å². The van der Waals surface area contributed by atoms with Gasteiger partial charge in [-0.15, -0.1) is 0 Å². The molecule has 166 valence electrons. The Balaban J connectivity index is 1.53. The van der Waals surface area contributed by atoms with Gasteiger partial charge in [0.15, 0.2) is 0 Å². The highest BCUT2D eigenvalue weighted by atomic mass is 32.2. The summed E-state index contributed by atoms with van der Waals surface area (Å²) in [6.45, 7) is 3.27. The summed E-state index contributed by atoms with van der Waals surface area (Å²) in [6.07, 6.45) is 1.65. The summed E-state index contributed by atoms with van der Waals surface area (Å²) in [6, 6.07) is 15.6. The lowest BCUT2D eigenvalue weighted by Crippen LogP contribution is -2.47. The number of sulfonamides is 1. The third-order valence-electron chi connectivity index (χ3n) is 5.50. The van der Waals surface area contributed by atoms with Crippen molar-refractivity contribution in [3.63, 3.8) is 0 Å². The first kappa shape index (κ1) is 23.0. The van der Waals surface area contributed by atoms with Crippen molar-refractivity contribution in [3.8, 4) is 0 Å². The molecule has 1 aliphatic heterocycles. The summed E-state index contributed by atoms with van der Waals surface area (Å²) in [7, 11) is -1.97. The Morgan fingerprint density at radius 2 is 1.77 bits per heavy atom. The monoisotopic (exact) mass is 443 g/mol. The maximum atomic E-state index is 12.7. The van der Waals surface area contributed by atoms with E-state index >= 15 is 0 Å². The van der Waals surface area contributed by atoms with Gasteiger partial charge in [0.25, 0.3) is 5.91 Å². The average molecular weight is 444 g/mol. The van der Waals surface area contributed by atoms with Gasteiger partial charge in [-0.1, -0.05) is 35.9 Å². The first-order chi connectivity index (χ1) is 14.8. The molecule has 0 saturated carbocycles. The zero-order chi connectivity index (χ0) is 22.4.